The van der Waals surface area contributed by atoms with Gasteiger partial charge in [0.15, 0.2) is 0 Å². The van der Waals surface area contributed by atoms with E-state index in [1.54, 1.807) is 6.20 Å². The van der Waals surface area contributed by atoms with Gasteiger partial charge in [-0.3, -0.25) is 9.88 Å². The third-order valence-corrected chi connectivity index (χ3v) is 5.07. The van der Waals surface area contributed by atoms with Crippen LogP contribution in [0.4, 0.5) is 0 Å². The van der Waals surface area contributed by atoms with E-state index < -0.39 is 0 Å². The van der Waals surface area contributed by atoms with Crippen LogP contribution in [0.5, 0.6) is 0 Å². The van der Waals surface area contributed by atoms with Gasteiger partial charge in [0, 0.05) is 31.5 Å². The smallest absolute Gasteiger partial charge is 0.0992 e. The molecule has 4 rings (SSSR count). The molecular weight excluding hydrogens is 300 g/mol. The average Bonchev–Trinajstić information content (AvgIpc) is 3.06. The summed E-state index contributed by atoms with van der Waals surface area (Å²) in [5.74, 6) is 0. The van der Waals surface area contributed by atoms with Crippen LogP contribution >= 0.6 is 0 Å². The summed E-state index contributed by atoms with van der Waals surface area (Å²) in [6, 6.07) is 15.2. The van der Waals surface area contributed by atoms with Crippen molar-refractivity contribution in [3.05, 3.63) is 66.0 Å². The Balaban J connectivity index is 1.37. The predicted molar refractivity (Wildman–Crippen MR) is 92.4 cm³/mol. The molecule has 1 saturated heterocycles. The molecule has 3 atom stereocenters. The van der Waals surface area contributed by atoms with Gasteiger partial charge in [-0.2, -0.15) is 0 Å². The number of fused-ring (bicyclic) bond motifs is 1. The number of aromatic nitrogens is 1. The fraction of sp³-hybridized carbons (Fsp3) is 0.450. The molecule has 2 heterocycles. The van der Waals surface area contributed by atoms with Gasteiger partial charge >= 0.3 is 0 Å². The summed E-state index contributed by atoms with van der Waals surface area (Å²) in [5, 5.41) is 0. The van der Waals surface area contributed by atoms with Crippen molar-refractivity contribution in [1.82, 2.24) is 9.88 Å². The lowest BCUT2D eigenvalue weighted by atomic mass is 10.1. The first-order valence-corrected chi connectivity index (χ1v) is 8.80. The maximum Gasteiger partial charge on any atom is 0.0992 e. The Bertz CT molecular complexity index is 635. The van der Waals surface area contributed by atoms with Crippen molar-refractivity contribution in [2.24, 2.45) is 0 Å². The van der Waals surface area contributed by atoms with Crippen LogP contribution < -0.4 is 0 Å². The minimum Gasteiger partial charge on any atom is -0.373 e. The molecule has 2 aromatic rings. The Morgan fingerprint density at radius 3 is 2.79 bits per heavy atom. The van der Waals surface area contributed by atoms with E-state index in [-0.39, 0.29) is 12.2 Å². The van der Waals surface area contributed by atoms with E-state index in [1.807, 2.05) is 12.3 Å². The SMILES string of the molecule is c1ccc(CN2CCO[C@@H]3[C@@H](OCc4cccnc4)CC[C@@H]32)cc1. The highest BCUT2D eigenvalue weighted by atomic mass is 16.5. The van der Waals surface area contributed by atoms with Crippen molar-refractivity contribution in [2.45, 2.75) is 44.2 Å². The Labute approximate surface area is 143 Å². The monoisotopic (exact) mass is 324 g/mol. The highest BCUT2D eigenvalue weighted by Crippen LogP contribution is 2.33. The zero-order chi connectivity index (χ0) is 16.2. The fourth-order valence-corrected chi connectivity index (χ4v) is 3.87. The second kappa shape index (κ2) is 7.43. The molecule has 0 amide bonds. The lowest BCUT2D eigenvalue weighted by Gasteiger charge is -2.39. The molecule has 126 valence electrons. The molecule has 24 heavy (non-hydrogen) atoms. The summed E-state index contributed by atoms with van der Waals surface area (Å²) in [4.78, 5) is 6.72. The highest BCUT2D eigenvalue weighted by molar-refractivity contribution is 5.15. The van der Waals surface area contributed by atoms with Gasteiger partial charge in [-0.15, -0.1) is 0 Å². The zero-order valence-corrected chi connectivity index (χ0v) is 13.9. The molecule has 1 aromatic carbocycles. The minimum absolute atomic E-state index is 0.189. The molecule has 2 aliphatic rings. The van der Waals surface area contributed by atoms with Crippen LogP contribution in [0.3, 0.4) is 0 Å². The Hall–Kier alpha value is -1.75. The average molecular weight is 324 g/mol. The molecule has 1 aromatic heterocycles. The van der Waals surface area contributed by atoms with Crippen molar-refractivity contribution in [1.29, 1.82) is 0 Å². The highest BCUT2D eigenvalue weighted by Gasteiger charge is 2.43. The molecule has 1 aliphatic heterocycles. The molecule has 0 bridgehead atoms. The number of benzene rings is 1. The van der Waals surface area contributed by atoms with E-state index in [9.17, 15) is 0 Å². The zero-order valence-electron chi connectivity index (χ0n) is 13.9. The number of rotatable bonds is 5. The second-order valence-electron chi connectivity index (χ2n) is 6.65. The molecule has 0 N–H and O–H groups in total. The molecule has 1 saturated carbocycles. The van der Waals surface area contributed by atoms with E-state index in [4.69, 9.17) is 9.47 Å². The van der Waals surface area contributed by atoms with Crippen LogP contribution in [0, 0.1) is 0 Å². The molecule has 0 spiro atoms. The number of morpholine rings is 1. The van der Waals surface area contributed by atoms with Gasteiger partial charge in [0.1, 0.15) is 0 Å². The maximum absolute atomic E-state index is 6.17. The summed E-state index contributed by atoms with van der Waals surface area (Å²) in [5.41, 5.74) is 2.50. The van der Waals surface area contributed by atoms with Crippen molar-refractivity contribution in [2.75, 3.05) is 13.2 Å². The van der Waals surface area contributed by atoms with Gasteiger partial charge < -0.3 is 9.47 Å². The largest absolute Gasteiger partial charge is 0.373 e. The first kappa shape index (κ1) is 15.8. The molecule has 1 aliphatic carbocycles. The van der Waals surface area contributed by atoms with E-state index in [0.29, 0.717) is 12.6 Å². The summed E-state index contributed by atoms with van der Waals surface area (Å²) in [6.07, 6.45) is 6.26. The fourth-order valence-electron chi connectivity index (χ4n) is 3.87. The Morgan fingerprint density at radius 2 is 1.96 bits per heavy atom. The molecule has 4 heteroatoms. The molecule has 2 fully saturated rings. The normalized spacial score (nSPS) is 27.1. The van der Waals surface area contributed by atoms with Gasteiger partial charge in [0.05, 0.1) is 25.4 Å². The van der Waals surface area contributed by atoms with Gasteiger partial charge in [-0.05, 0) is 30.0 Å². The van der Waals surface area contributed by atoms with Gasteiger partial charge in [0.2, 0.25) is 0 Å². The molecule has 0 radical (unpaired) electrons. The number of hydrogen-bond donors (Lipinski definition) is 0. The summed E-state index contributed by atoms with van der Waals surface area (Å²) >= 11 is 0. The van der Waals surface area contributed by atoms with E-state index in [2.05, 4.69) is 46.3 Å². The first-order chi connectivity index (χ1) is 11.9. The molecule has 4 nitrogen and oxygen atoms in total. The second-order valence-corrected chi connectivity index (χ2v) is 6.65. The molecular formula is C20H24N2O2. The Morgan fingerprint density at radius 1 is 1.08 bits per heavy atom. The summed E-state index contributed by atoms with van der Waals surface area (Å²) in [6.45, 7) is 3.41. The quantitative estimate of drug-likeness (QED) is 0.847. The topological polar surface area (TPSA) is 34.6 Å². The number of hydrogen-bond acceptors (Lipinski definition) is 4. The third-order valence-electron chi connectivity index (χ3n) is 5.07. The lowest BCUT2D eigenvalue weighted by Crippen LogP contribution is -2.51. The van der Waals surface area contributed by atoms with Crippen LogP contribution in [0.25, 0.3) is 0 Å². The third kappa shape index (κ3) is 3.51. The number of ether oxygens (including phenoxy) is 2. The first-order valence-electron chi connectivity index (χ1n) is 8.80. The van der Waals surface area contributed by atoms with Gasteiger partial charge in [-0.1, -0.05) is 36.4 Å². The van der Waals surface area contributed by atoms with Crippen LogP contribution in [0.2, 0.25) is 0 Å². The summed E-state index contributed by atoms with van der Waals surface area (Å²) in [7, 11) is 0. The van der Waals surface area contributed by atoms with E-state index in [0.717, 1.165) is 38.1 Å². The van der Waals surface area contributed by atoms with Crippen LogP contribution in [-0.2, 0) is 22.6 Å². The van der Waals surface area contributed by atoms with E-state index in [1.165, 1.54) is 5.56 Å². The van der Waals surface area contributed by atoms with Crippen molar-refractivity contribution in [3.63, 3.8) is 0 Å². The minimum atomic E-state index is 0.189. The maximum atomic E-state index is 6.17. The number of nitrogens with zero attached hydrogens (tertiary/aromatic N) is 2. The lowest BCUT2D eigenvalue weighted by molar-refractivity contribution is -0.118. The predicted octanol–water partition coefficient (Wildman–Crippen LogP) is 3.03. The van der Waals surface area contributed by atoms with E-state index >= 15 is 0 Å². The van der Waals surface area contributed by atoms with Crippen LogP contribution in [-0.4, -0.2) is 41.3 Å². The van der Waals surface area contributed by atoms with Crippen LogP contribution in [0.1, 0.15) is 24.0 Å². The summed E-state index contributed by atoms with van der Waals surface area (Å²) < 4.78 is 12.3. The van der Waals surface area contributed by atoms with Crippen LogP contribution in [0.15, 0.2) is 54.9 Å². The number of pyridine rings is 1. The standard InChI is InChI=1S/C20H24N2O2/c1-2-5-16(6-3-1)14-22-11-12-23-20-18(22)8-9-19(20)24-15-17-7-4-10-21-13-17/h1-7,10,13,18-20H,8-9,11-12,14-15H2/t18-,19-,20-/m0/s1. The molecule has 0 unspecified atom stereocenters. The van der Waals surface area contributed by atoms with Gasteiger partial charge in [0.25, 0.3) is 0 Å². The van der Waals surface area contributed by atoms with Crippen molar-refractivity contribution >= 4 is 0 Å². The van der Waals surface area contributed by atoms with Gasteiger partial charge in [-0.25, -0.2) is 0 Å². The Kier molecular flexibility index (Phi) is 4.88. The van der Waals surface area contributed by atoms with Crippen molar-refractivity contribution in [3.8, 4) is 0 Å². The van der Waals surface area contributed by atoms with Crippen molar-refractivity contribution < 1.29 is 9.47 Å².